The summed E-state index contributed by atoms with van der Waals surface area (Å²) in [6.07, 6.45) is 5.15. The van der Waals surface area contributed by atoms with Gasteiger partial charge in [0.2, 0.25) is 5.75 Å². The molecule has 0 aromatic heterocycles. The highest BCUT2D eigenvalue weighted by molar-refractivity contribution is 7.80. The van der Waals surface area contributed by atoms with E-state index in [2.05, 4.69) is 15.1 Å². The third-order valence-electron chi connectivity index (χ3n) is 5.47. The van der Waals surface area contributed by atoms with Crippen LogP contribution >= 0.6 is 12.2 Å². The zero-order valence-electron chi connectivity index (χ0n) is 16.6. The van der Waals surface area contributed by atoms with Crippen molar-refractivity contribution in [3.8, 4) is 17.2 Å². The molecule has 0 amide bonds. The zero-order chi connectivity index (χ0) is 19.2. The second-order valence-corrected chi connectivity index (χ2v) is 7.61. The molecule has 0 unspecified atom stereocenters. The van der Waals surface area contributed by atoms with Gasteiger partial charge in [0.25, 0.3) is 0 Å². The topological polar surface area (TPSA) is 46.2 Å². The van der Waals surface area contributed by atoms with Gasteiger partial charge in [-0.2, -0.15) is 0 Å². The number of ether oxygens (including phenoxy) is 3. The van der Waals surface area contributed by atoms with Crippen LogP contribution in [0.1, 0.15) is 31.2 Å². The summed E-state index contributed by atoms with van der Waals surface area (Å²) in [5, 5.41) is 4.47. The standard InChI is InChI=1S/C20H31N3O3S/c1-24-17-12-15(13-18(25-2)19(17)26-3)14-22-8-10-23(11-9-22)20(27)21-16-6-4-5-7-16/h12-13,16H,4-11,14H2,1-3H3,(H,21,27). The predicted octanol–water partition coefficient (Wildman–Crippen LogP) is 2.65. The van der Waals surface area contributed by atoms with Crippen molar-refractivity contribution in [1.82, 2.24) is 15.1 Å². The first-order valence-corrected chi connectivity index (χ1v) is 10.1. The van der Waals surface area contributed by atoms with Gasteiger partial charge in [-0.15, -0.1) is 0 Å². The quantitative estimate of drug-likeness (QED) is 0.746. The minimum atomic E-state index is 0.578. The number of piperazine rings is 1. The van der Waals surface area contributed by atoms with Crippen molar-refractivity contribution in [1.29, 1.82) is 0 Å². The van der Waals surface area contributed by atoms with E-state index < -0.39 is 0 Å². The van der Waals surface area contributed by atoms with E-state index in [1.807, 2.05) is 12.1 Å². The van der Waals surface area contributed by atoms with Crippen LogP contribution in [0.15, 0.2) is 12.1 Å². The van der Waals surface area contributed by atoms with E-state index in [1.54, 1.807) is 21.3 Å². The highest BCUT2D eigenvalue weighted by atomic mass is 32.1. The Bertz CT molecular complexity index is 616. The number of nitrogens with one attached hydrogen (secondary N) is 1. The molecule has 1 aromatic rings. The molecule has 6 nitrogen and oxygen atoms in total. The second-order valence-electron chi connectivity index (χ2n) is 7.23. The molecule has 1 aromatic carbocycles. The Morgan fingerprint density at radius 3 is 2.11 bits per heavy atom. The molecule has 3 rings (SSSR count). The van der Waals surface area contributed by atoms with E-state index in [0.717, 1.165) is 43.4 Å². The average Bonchev–Trinajstić information content (AvgIpc) is 3.20. The number of benzene rings is 1. The molecule has 7 heteroatoms. The molecular formula is C20H31N3O3S. The van der Waals surface area contributed by atoms with Gasteiger partial charge in [-0.05, 0) is 42.8 Å². The fourth-order valence-corrected chi connectivity index (χ4v) is 4.28. The third-order valence-corrected chi connectivity index (χ3v) is 5.85. The Morgan fingerprint density at radius 2 is 1.59 bits per heavy atom. The van der Waals surface area contributed by atoms with E-state index >= 15 is 0 Å². The van der Waals surface area contributed by atoms with Crippen LogP contribution in [0.4, 0.5) is 0 Å². The Hall–Kier alpha value is -1.73. The van der Waals surface area contributed by atoms with E-state index in [-0.39, 0.29) is 0 Å². The van der Waals surface area contributed by atoms with Crippen molar-refractivity contribution >= 4 is 17.3 Å². The van der Waals surface area contributed by atoms with Crippen molar-refractivity contribution in [3.05, 3.63) is 17.7 Å². The summed E-state index contributed by atoms with van der Waals surface area (Å²) < 4.78 is 16.3. The van der Waals surface area contributed by atoms with Gasteiger partial charge in [-0.3, -0.25) is 4.90 Å². The summed E-state index contributed by atoms with van der Waals surface area (Å²) >= 11 is 5.62. The summed E-state index contributed by atoms with van der Waals surface area (Å²) in [6, 6.07) is 4.63. The van der Waals surface area contributed by atoms with Gasteiger partial charge in [0.05, 0.1) is 21.3 Å². The van der Waals surface area contributed by atoms with Gasteiger partial charge in [0, 0.05) is 38.8 Å². The van der Waals surface area contributed by atoms with E-state index in [9.17, 15) is 0 Å². The predicted molar refractivity (Wildman–Crippen MR) is 111 cm³/mol. The van der Waals surface area contributed by atoms with Gasteiger partial charge in [-0.1, -0.05) is 12.8 Å². The lowest BCUT2D eigenvalue weighted by atomic mass is 10.1. The molecule has 0 atom stereocenters. The molecule has 2 fully saturated rings. The first-order valence-electron chi connectivity index (χ1n) is 9.71. The molecule has 1 aliphatic carbocycles. The van der Waals surface area contributed by atoms with Crippen LogP contribution < -0.4 is 19.5 Å². The normalized spacial score (nSPS) is 18.4. The number of rotatable bonds is 6. The fourth-order valence-electron chi connectivity index (χ4n) is 3.93. The van der Waals surface area contributed by atoms with Crippen LogP contribution in [-0.2, 0) is 6.54 Å². The molecule has 27 heavy (non-hydrogen) atoms. The number of nitrogens with zero attached hydrogens (tertiary/aromatic N) is 2. The van der Waals surface area contributed by atoms with Crippen LogP contribution in [0.3, 0.4) is 0 Å². The van der Waals surface area contributed by atoms with Gasteiger partial charge in [0.1, 0.15) is 0 Å². The van der Waals surface area contributed by atoms with Crippen molar-refractivity contribution in [3.63, 3.8) is 0 Å². The minimum Gasteiger partial charge on any atom is -0.493 e. The van der Waals surface area contributed by atoms with Gasteiger partial charge in [-0.25, -0.2) is 0 Å². The van der Waals surface area contributed by atoms with Crippen molar-refractivity contribution in [2.24, 2.45) is 0 Å². The maximum Gasteiger partial charge on any atom is 0.203 e. The summed E-state index contributed by atoms with van der Waals surface area (Å²) in [4.78, 5) is 4.74. The Balaban J connectivity index is 1.55. The molecule has 2 aliphatic rings. The van der Waals surface area contributed by atoms with Crippen molar-refractivity contribution in [2.45, 2.75) is 38.3 Å². The average molecular weight is 394 g/mol. The Labute approximate surface area is 167 Å². The lowest BCUT2D eigenvalue weighted by Crippen LogP contribution is -2.52. The van der Waals surface area contributed by atoms with Crippen LogP contribution in [0.2, 0.25) is 0 Å². The monoisotopic (exact) mass is 393 g/mol. The van der Waals surface area contributed by atoms with Crippen LogP contribution in [0.5, 0.6) is 17.2 Å². The molecule has 1 aliphatic heterocycles. The highest BCUT2D eigenvalue weighted by Gasteiger charge is 2.23. The first-order chi connectivity index (χ1) is 13.1. The Morgan fingerprint density at radius 1 is 1.00 bits per heavy atom. The SMILES string of the molecule is COc1cc(CN2CCN(C(=S)NC3CCCC3)CC2)cc(OC)c1OC. The van der Waals surface area contributed by atoms with Gasteiger partial charge >= 0.3 is 0 Å². The minimum absolute atomic E-state index is 0.578. The molecule has 1 heterocycles. The number of methoxy groups -OCH3 is 3. The number of thiocarbonyl (C=S) groups is 1. The van der Waals surface area contributed by atoms with Crippen LogP contribution in [0, 0.1) is 0 Å². The van der Waals surface area contributed by atoms with E-state index in [0.29, 0.717) is 23.3 Å². The lowest BCUT2D eigenvalue weighted by molar-refractivity contribution is 0.173. The molecule has 0 spiro atoms. The third kappa shape index (κ3) is 4.96. The number of hydrogen-bond donors (Lipinski definition) is 1. The molecule has 1 N–H and O–H groups in total. The summed E-state index contributed by atoms with van der Waals surface area (Å²) in [5.41, 5.74) is 1.16. The summed E-state index contributed by atoms with van der Waals surface area (Å²) in [5.74, 6) is 2.04. The maximum atomic E-state index is 5.62. The fraction of sp³-hybridized carbons (Fsp3) is 0.650. The molecule has 150 valence electrons. The van der Waals surface area contributed by atoms with Crippen molar-refractivity contribution < 1.29 is 14.2 Å². The van der Waals surface area contributed by atoms with E-state index in [4.69, 9.17) is 26.4 Å². The Kier molecular flexibility index (Phi) is 7.01. The smallest absolute Gasteiger partial charge is 0.203 e. The summed E-state index contributed by atoms with van der Waals surface area (Å²) in [7, 11) is 4.93. The van der Waals surface area contributed by atoms with Gasteiger partial charge in [0.15, 0.2) is 16.6 Å². The van der Waals surface area contributed by atoms with Gasteiger partial charge < -0.3 is 24.4 Å². The highest BCUT2D eigenvalue weighted by Crippen LogP contribution is 2.38. The van der Waals surface area contributed by atoms with Crippen molar-refractivity contribution in [2.75, 3.05) is 47.5 Å². The van der Waals surface area contributed by atoms with E-state index in [1.165, 1.54) is 25.7 Å². The molecule has 1 saturated heterocycles. The maximum absolute atomic E-state index is 5.62. The zero-order valence-corrected chi connectivity index (χ0v) is 17.4. The van der Waals surface area contributed by atoms with Crippen LogP contribution in [0.25, 0.3) is 0 Å². The largest absolute Gasteiger partial charge is 0.493 e. The second kappa shape index (κ2) is 9.46. The molecule has 1 saturated carbocycles. The summed E-state index contributed by atoms with van der Waals surface area (Å²) in [6.45, 7) is 4.76. The lowest BCUT2D eigenvalue weighted by Gasteiger charge is -2.37. The molecular weight excluding hydrogens is 362 g/mol. The number of hydrogen-bond acceptors (Lipinski definition) is 5. The van der Waals surface area contributed by atoms with Crippen LogP contribution in [-0.4, -0.2) is 68.5 Å². The molecule has 0 radical (unpaired) electrons. The molecule has 0 bridgehead atoms. The first kappa shape index (κ1) is 20.0.